The maximum Gasteiger partial charge on any atom is 0.344 e. The smallest absolute Gasteiger partial charge is 0.344 e. The van der Waals surface area contributed by atoms with Gasteiger partial charge >= 0.3 is 5.63 Å². The van der Waals surface area contributed by atoms with Gasteiger partial charge < -0.3 is 4.42 Å². The van der Waals surface area contributed by atoms with Gasteiger partial charge in [-0.05, 0) is 30.7 Å². The highest BCUT2D eigenvalue weighted by Crippen LogP contribution is 2.28. The number of aryl methyl sites for hydroxylation is 1. The molecule has 94 valence electrons. The van der Waals surface area contributed by atoms with Gasteiger partial charge in [0.25, 0.3) is 0 Å². The van der Waals surface area contributed by atoms with Gasteiger partial charge in [0.1, 0.15) is 5.58 Å². The number of halogens is 1. The number of fused-ring (bicyclic) bond motifs is 1. The molecule has 0 radical (unpaired) electrons. The van der Waals surface area contributed by atoms with E-state index in [0.717, 1.165) is 21.0 Å². The molecule has 0 aliphatic rings. The van der Waals surface area contributed by atoms with Gasteiger partial charge in [0.05, 0.1) is 5.56 Å². The summed E-state index contributed by atoms with van der Waals surface area (Å²) in [4.78, 5) is 12.1. The van der Waals surface area contributed by atoms with Gasteiger partial charge in [-0.1, -0.05) is 46.3 Å². The number of benzene rings is 2. The van der Waals surface area contributed by atoms with Gasteiger partial charge in [-0.25, -0.2) is 4.79 Å². The van der Waals surface area contributed by atoms with Crippen molar-refractivity contribution in [1.29, 1.82) is 0 Å². The summed E-state index contributed by atoms with van der Waals surface area (Å²) >= 11 is 3.50. The summed E-state index contributed by atoms with van der Waals surface area (Å²) in [5, 5.41) is 0.921. The predicted molar refractivity (Wildman–Crippen MR) is 80.4 cm³/mol. The second-order valence-corrected chi connectivity index (χ2v) is 5.32. The molecule has 19 heavy (non-hydrogen) atoms. The van der Waals surface area contributed by atoms with E-state index in [-0.39, 0.29) is 5.63 Å². The lowest BCUT2D eigenvalue weighted by molar-refractivity contribution is 0.563. The molecule has 0 fully saturated rings. The molecule has 3 aromatic rings. The highest BCUT2D eigenvalue weighted by molar-refractivity contribution is 9.10. The minimum atomic E-state index is -0.316. The first-order chi connectivity index (χ1) is 9.15. The van der Waals surface area contributed by atoms with Crippen LogP contribution in [-0.2, 0) is 0 Å². The highest BCUT2D eigenvalue weighted by Gasteiger charge is 2.10. The fourth-order valence-electron chi connectivity index (χ4n) is 2.09. The molecule has 0 saturated carbocycles. The zero-order valence-electron chi connectivity index (χ0n) is 10.3. The van der Waals surface area contributed by atoms with Crippen molar-refractivity contribution in [3.63, 3.8) is 0 Å². The molecule has 0 aliphatic heterocycles. The van der Waals surface area contributed by atoms with Gasteiger partial charge in [0.2, 0.25) is 0 Å². The standard InChI is InChI=1S/C16H11BrO2/c1-10-6-7-12(14(17)8-10)13-9-11-4-2-3-5-15(11)19-16(13)18/h2-9H,1H3. The lowest BCUT2D eigenvalue weighted by atomic mass is 10.0. The van der Waals surface area contributed by atoms with E-state index in [2.05, 4.69) is 15.9 Å². The first-order valence-corrected chi connectivity index (χ1v) is 6.74. The number of para-hydroxylation sites is 1. The van der Waals surface area contributed by atoms with Crippen molar-refractivity contribution in [2.45, 2.75) is 6.92 Å². The molecule has 0 spiro atoms. The Kier molecular flexibility index (Phi) is 2.99. The molecule has 0 atom stereocenters. The number of rotatable bonds is 1. The minimum absolute atomic E-state index is 0.316. The summed E-state index contributed by atoms with van der Waals surface area (Å²) in [6, 6.07) is 15.3. The zero-order chi connectivity index (χ0) is 13.4. The minimum Gasteiger partial charge on any atom is -0.422 e. The molecule has 0 unspecified atom stereocenters. The Morgan fingerprint density at radius 3 is 2.58 bits per heavy atom. The van der Waals surface area contributed by atoms with Crippen LogP contribution < -0.4 is 5.63 Å². The van der Waals surface area contributed by atoms with Crippen molar-refractivity contribution in [1.82, 2.24) is 0 Å². The summed E-state index contributed by atoms with van der Waals surface area (Å²) in [6.07, 6.45) is 0. The zero-order valence-corrected chi connectivity index (χ0v) is 11.9. The summed E-state index contributed by atoms with van der Waals surface area (Å²) in [5.74, 6) is 0. The number of hydrogen-bond acceptors (Lipinski definition) is 2. The average Bonchev–Trinajstić information content (AvgIpc) is 2.38. The molecule has 0 saturated heterocycles. The lowest BCUT2D eigenvalue weighted by Gasteiger charge is -2.05. The van der Waals surface area contributed by atoms with Crippen LogP contribution in [0.4, 0.5) is 0 Å². The van der Waals surface area contributed by atoms with Crippen LogP contribution >= 0.6 is 15.9 Å². The Balaban J connectivity index is 2.30. The van der Waals surface area contributed by atoms with E-state index >= 15 is 0 Å². The van der Waals surface area contributed by atoms with Gasteiger partial charge in [0.15, 0.2) is 0 Å². The Bertz CT molecular complexity index is 818. The van der Waals surface area contributed by atoms with E-state index in [4.69, 9.17) is 4.42 Å². The third-order valence-corrected chi connectivity index (χ3v) is 3.71. The maximum atomic E-state index is 12.1. The average molecular weight is 315 g/mol. The molecule has 0 amide bonds. The molecule has 1 heterocycles. The lowest BCUT2D eigenvalue weighted by Crippen LogP contribution is -2.03. The fraction of sp³-hybridized carbons (Fsp3) is 0.0625. The molecule has 3 rings (SSSR count). The Labute approximate surface area is 118 Å². The van der Waals surface area contributed by atoms with E-state index in [1.165, 1.54) is 0 Å². The van der Waals surface area contributed by atoms with E-state index in [9.17, 15) is 4.79 Å². The predicted octanol–water partition coefficient (Wildman–Crippen LogP) is 4.53. The molecule has 2 aromatic carbocycles. The number of hydrogen-bond donors (Lipinski definition) is 0. The molecule has 0 aliphatic carbocycles. The normalized spacial score (nSPS) is 10.8. The molecular formula is C16H11BrO2. The van der Waals surface area contributed by atoms with Crippen molar-refractivity contribution >= 4 is 26.9 Å². The van der Waals surface area contributed by atoms with Crippen molar-refractivity contribution in [2.24, 2.45) is 0 Å². The van der Waals surface area contributed by atoms with Crippen molar-refractivity contribution < 1.29 is 4.42 Å². The summed E-state index contributed by atoms with van der Waals surface area (Å²) < 4.78 is 6.25. The van der Waals surface area contributed by atoms with Crippen molar-refractivity contribution in [2.75, 3.05) is 0 Å². The van der Waals surface area contributed by atoms with Gasteiger partial charge in [-0.15, -0.1) is 0 Å². The first-order valence-electron chi connectivity index (χ1n) is 5.94. The summed E-state index contributed by atoms with van der Waals surface area (Å²) in [5.41, 5.74) is 2.86. The molecule has 1 aromatic heterocycles. The van der Waals surface area contributed by atoms with Gasteiger partial charge in [-0.2, -0.15) is 0 Å². The monoisotopic (exact) mass is 314 g/mol. The van der Waals surface area contributed by atoms with Gasteiger partial charge in [0, 0.05) is 15.4 Å². The molecule has 0 N–H and O–H groups in total. The molecule has 3 heteroatoms. The van der Waals surface area contributed by atoms with Crippen LogP contribution in [-0.4, -0.2) is 0 Å². The molecule has 0 bridgehead atoms. The van der Waals surface area contributed by atoms with E-state index in [0.29, 0.717) is 11.1 Å². The highest BCUT2D eigenvalue weighted by atomic mass is 79.9. The van der Waals surface area contributed by atoms with E-state index in [1.54, 1.807) is 6.07 Å². The fourth-order valence-corrected chi connectivity index (χ4v) is 2.80. The quantitative estimate of drug-likeness (QED) is 0.618. The SMILES string of the molecule is Cc1ccc(-c2cc3ccccc3oc2=O)c(Br)c1. The second-order valence-electron chi connectivity index (χ2n) is 4.47. The third kappa shape index (κ3) is 2.22. The molecule has 2 nitrogen and oxygen atoms in total. The van der Waals surface area contributed by atoms with E-state index in [1.807, 2.05) is 49.4 Å². The van der Waals surface area contributed by atoms with Crippen LogP contribution in [0.2, 0.25) is 0 Å². The van der Waals surface area contributed by atoms with Crippen LogP contribution in [0.1, 0.15) is 5.56 Å². The van der Waals surface area contributed by atoms with E-state index < -0.39 is 0 Å². The van der Waals surface area contributed by atoms with Crippen LogP contribution in [0, 0.1) is 6.92 Å². The van der Waals surface area contributed by atoms with Crippen LogP contribution in [0.5, 0.6) is 0 Å². The van der Waals surface area contributed by atoms with Crippen LogP contribution in [0.3, 0.4) is 0 Å². The van der Waals surface area contributed by atoms with Crippen LogP contribution in [0.25, 0.3) is 22.1 Å². The van der Waals surface area contributed by atoms with Gasteiger partial charge in [-0.3, -0.25) is 0 Å². The Morgan fingerprint density at radius 2 is 1.79 bits per heavy atom. The third-order valence-electron chi connectivity index (χ3n) is 3.06. The Morgan fingerprint density at radius 1 is 1.00 bits per heavy atom. The van der Waals surface area contributed by atoms with Crippen molar-refractivity contribution in [3.05, 3.63) is 69.0 Å². The Hall–Kier alpha value is -1.87. The summed E-state index contributed by atoms with van der Waals surface area (Å²) in [7, 11) is 0. The van der Waals surface area contributed by atoms with Crippen molar-refractivity contribution in [3.8, 4) is 11.1 Å². The van der Waals surface area contributed by atoms with Crippen LogP contribution in [0.15, 0.2) is 62.2 Å². The second kappa shape index (κ2) is 4.67. The largest absolute Gasteiger partial charge is 0.422 e. The maximum absolute atomic E-state index is 12.1. The topological polar surface area (TPSA) is 30.2 Å². The first kappa shape index (κ1) is 12.2. The molecular weight excluding hydrogens is 304 g/mol. The summed E-state index contributed by atoms with van der Waals surface area (Å²) in [6.45, 7) is 2.01.